The molecule has 8 heteroatoms. The standard InChI is InChI=1S/C13H16BrN3O4/c1-8(2)12(18)15-5-6-16-13(19)9-3-4-10(14)11(7-9)17(20)21/h3-4,7-8H,5-6H2,1-2H3,(H,15,18)(H,16,19). The summed E-state index contributed by atoms with van der Waals surface area (Å²) < 4.78 is 0.313. The van der Waals surface area contributed by atoms with Crippen LogP contribution < -0.4 is 10.6 Å². The topological polar surface area (TPSA) is 101 Å². The van der Waals surface area contributed by atoms with Crippen molar-refractivity contribution in [1.29, 1.82) is 0 Å². The number of carbonyl (C=O) groups excluding carboxylic acids is 2. The summed E-state index contributed by atoms with van der Waals surface area (Å²) in [6.45, 7) is 4.10. The van der Waals surface area contributed by atoms with Crippen molar-refractivity contribution in [1.82, 2.24) is 10.6 Å². The lowest BCUT2D eigenvalue weighted by Crippen LogP contribution is -2.36. The molecule has 0 aliphatic carbocycles. The second kappa shape index (κ2) is 7.72. The Morgan fingerprint density at radius 1 is 1.29 bits per heavy atom. The van der Waals surface area contributed by atoms with Crippen LogP contribution in [0.3, 0.4) is 0 Å². The van der Waals surface area contributed by atoms with Crippen LogP contribution in [0.2, 0.25) is 0 Å². The van der Waals surface area contributed by atoms with Crippen molar-refractivity contribution in [3.63, 3.8) is 0 Å². The first kappa shape index (κ1) is 17.1. The second-order valence-corrected chi connectivity index (χ2v) is 5.48. The lowest BCUT2D eigenvalue weighted by Gasteiger charge is -2.09. The maximum absolute atomic E-state index is 11.8. The maximum atomic E-state index is 11.8. The van der Waals surface area contributed by atoms with E-state index in [1.165, 1.54) is 18.2 Å². The summed E-state index contributed by atoms with van der Waals surface area (Å²) in [5.74, 6) is -0.636. The molecular weight excluding hydrogens is 342 g/mol. The van der Waals surface area contributed by atoms with Crippen LogP contribution in [-0.2, 0) is 4.79 Å². The van der Waals surface area contributed by atoms with Crippen LogP contribution in [0.4, 0.5) is 5.69 Å². The molecule has 0 bridgehead atoms. The van der Waals surface area contributed by atoms with Gasteiger partial charge in [0.15, 0.2) is 0 Å². The number of benzene rings is 1. The molecule has 0 saturated carbocycles. The third-order valence-electron chi connectivity index (χ3n) is 2.64. The first-order valence-electron chi connectivity index (χ1n) is 6.32. The molecule has 0 aliphatic heterocycles. The van der Waals surface area contributed by atoms with Gasteiger partial charge in [-0.2, -0.15) is 0 Å². The van der Waals surface area contributed by atoms with E-state index in [-0.39, 0.29) is 29.6 Å². The van der Waals surface area contributed by atoms with Gasteiger partial charge in [0.05, 0.1) is 9.40 Å². The van der Waals surface area contributed by atoms with Crippen LogP contribution in [0.5, 0.6) is 0 Å². The number of halogens is 1. The van der Waals surface area contributed by atoms with Gasteiger partial charge in [0, 0.05) is 30.6 Å². The van der Waals surface area contributed by atoms with Gasteiger partial charge < -0.3 is 10.6 Å². The number of nitrogens with one attached hydrogen (secondary N) is 2. The first-order chi connectivity index (χ1) is 9.82. The van der Waals surface area contributed by atoms with E-state index < -0.39 is 10.8 Å². The van der Waals surface area contributed by atoms with Gasteiger partial charge in [0.25, 0.3) is 11.6 Å². The molecule has 2 amide bonds. The number of hydrogen-bond donors (Lipinski definition) is 2. The highest BCUT2D eigenvalue weighted by Crippen LogP contribution is 2.25. The van der Waals surface area contributed by atoms with E-state index in [1.807, 2.05) is 0 Å². The third-order valence-corrected chi connectivity index (χ3v) is 3.31. The minimum atomic E-state index is -0.566. The number of carbonyl (C=O) groups is 2. The SMILES string of the molecule is CC(C)C(=O)NCCNC(=O)c1ccc(Br)c([N+](=O)[O-])c1. The molecule has 1 aromatic carbocycles. The Balaban J connectivity index is 2.55. The minimum absolute atomic E-state index is 0.0940. The third kappa shape index (κ3) is 5.14. The summed E-state index contributed by atoms with van der Waals surface area (Å²) in [5.41, 5.74) is 0.0239. The predicted octanol–water partition coefficient (Wildman–Crippen LogP) is 1.86. The fourth-order valence-electron chi connectivity index (χ4n) is 1.46. The number of hydrogen-bond acceptors (Lipinski definition) is 4. The molecule has 0 atom stereocenters. The van der Waals surface area contributed by atoms with Crippen molar-refractivity contribution >= 4 is 33.4 Å². The zero-order valence-corrected chi connectivity index (χ0v) is 13.3. The predicted molar refractivity (Wildman–Crippen MR) is 81.0 cm³/mol. The Bertz CT molecular complexity index is 560. The van der Waals surface area contributed by atoms with E-state index in [0.29, 0.717) is 11.0 Å². The van der Waals surface area contributed by atoms with Gasteiger partial charge in [0.2, 0.25) is 5.91 Å². The van der Waals surface area contributed by atoms with Crippen LogP contribution in [0.25, 0.3) is 0 Å². The highest BCUT2D eigenvalue weighted by Gasteiger charge is 2.15. The molecule has 0 saturated heterocycles. The molecule has 0 fully saturated rings. The van der Waals surface area contributed by atoms with Crippen molar-refractivity contribution in [2.75, 3.05) is 13.1 Å². The van der Waals surface area contributed by atoms with Gasteiger partial charge in [-0.05, 0) is 28.1 Å². The van der Waals surface area contributed by atoms with E-state index in [4.69, 9.17) is 0 Å². The van der Waals surface area contributed by atoms with Crippen LogP contribution in [0, 0.1) is 16.0 Å². The smallest absolute Gasteiger partial charge is 0.284 e. The van der Waals surface area contributed by atoms with Gasteiger partial charge in [0.1, 0.15) is 0 Å². The first-order valence-corrected chi connectivity index (χ1v) is 7.12. The van der Waals surface area contributed by atoms with Crippen molar-refractivity contribution in [3.8, 4) is 0 Å². The van der Waals surface area contributed by atoms with Crippen LogP contribution >= 0.6 is 15.9 Å². The highest BCUT2D eigenvalue weighted by atomic mass is 79.9. The quantitative estimate of drug-likeness (QED) is 0.460. The molecule has 2 N–H and O–H groups in total. The molecule has 0 aromatic heterocycles. The fraction of sp³-hybridized carbons (Fsp3) is 0.385. The molecule has 1 rings (SSSR count). The van der Waals surface area contributed by atoms with Crippen LogP contribution in [-0.4, -0.2) is 29.8 Å². The van der Waals surface area contributed by atoms with Crippen molar-refractivity contribution < 1.29 is 14.5 Å². The van der Waals surface area contributed by atoms with Crippen molar-refractivity contribution in [2.24, 2.45) is 5.92 Å². The summed E-state index contributed by atoms with van der Waals surface area (Å²) in [4.78, 5) is 33.4. The van der Waals surface area contributed by atoms with Gasteiger partial charge in [-0.3, -0.25) is 19.7 Å². The number of rotatable bonds is 6. The second-order valence-electron chi connectivity index (χ2n) is 4.62. The molecule has 0 aliphatic rings. The Kier molecular flexibility index (Phi) is 6.29. The zero-order valence-electron chi connectivity index (χ0n) is 11.7. The van der Waals surface area contributed by atoms with Gasteiger partial charge in [-0.25, -0.2) is 0 Å². The molecule has 0 unspecified atom stereocenters. The molecule has 1 aromatic rings. The minimum Gasteiger partial charge on any atom is -0.354 e. The summed E-state index contributed by atoms with van der Waals surface area (Å²) >= 11 is 3.05. The molecule has 0 spiro atoms. The van der Waals surface area contributed by atoms with E-state index in [1.54, 1.807) is 13.8 Å². The van der Waals surface area contributed by atoms with E-state index in [9.17, 15) is 19.7 Å². The lowest BCUT2D eigenvalue weighted by molar-refractivity contribution is -0.385. The molecule has 114 valence electrons. The monoisotopic (exact) mass is 357 g/mol. The number of nitrogens with zero attached hydrogens (tertiary/aromatic N) is 1. The Labute approximate surface area is 130 Å². The lowest BCUT2D eigenvalue weighted by atomic mass is 10.2. The molecule has 21 heavy (non-hydrogen) atoms. The van der Waals surface area contributed by atoms with Crippen LogP contribution in [0.15, 0.2) is 22.7 Å². The Hall–Kier alpha value is -1.96. The molecule has 0 heterocycles. The highest BCUT2D eigenvalue weighted by molar-refractivity contribution is 9.10. The summed E-state index contributed by atoms with van der Waals surface area (Å²) in [6, 6.07) is 4.14. The molecular formula is C13H16BrN3O4. The maximum Gasteiger partial charge on any atom is 0.284 e. The summed E-state index contributed by atoms with van der Waals surface area (Å²) in [5, 5.41) is 16.0. The number of amides is 2. The normalized spacial score (nSPS) is 10.3. The van der Waals surface area contributed by atoms with E-state index in [2.05, 4.69) is 26.6 Å². The molecule has 7 nitrogen and oxygen atoms in total. The number of nitro benzene ring substituents is 1. The average Bonchev–Trinajstić information content (AvgIpc) is 2.43. The van der Waals surface area contributed by atoms with Gasteiger partial charge >= 0.3 is 0 Å². The largest absolute Gasteiger partial charge is 0.354 e. The van der Waals surface area contributed by atoms with E-state index >= 15 is 0 Å². The van der Waals surface area contributed by atoms with Crippen molar-refractivity contribution in [2.45, 2.75) is 13.8 Å². The van der Waals surface area contributed by atoms with Gasteiger partial charge in [-0.1, -0.05) is 13.8 Å². The zero-order chi connectivity index (χ0) is 16.0. The van der Waals surface area contributed by atoms with Crippen LogP contribution in [0.1, 0.15) is 24.2 Å². The molecule has 0 radical (unpaired) electrons. The van der Waals surface area contributed by atoms with Crippen molar-refractivity contribution in [3.05, 3.63) is 38.3 Å². The van der Waals surface area contributed by atoms with Gasteiger partial charge in [-0.15, -0.1) is 0 Å². The fourth-order valence-corrected chi connectivity index (χ4v) is 1.85. The van der Waals surface area contributed by atoms with E-state index in [0.717, 1.165) is 0 Å². The average molecular weight is 358 g/mol. The summed E-state index contributed by atoms with van der Waals surface area (Å²) in [6.07, 6.45) is 0. The summed E-state index contributed by atoms with van der Waals surface area (Å²) in [7, 11) is 0. The number of nitro groups is 1. The Morgan fingerprint density at radius 3 is 2.48 bits per heavy atom. The Morgan fingerprint density at radius 2 is 1.90 bits per heavy atom.